The molecule has 25 heavy (non-hydrogen) atoms. The minimum absolute atomic E-state index is 0.0311. The molecule has 2 fully saturated rings. The van der Waals surface area contributed by atoms with Gasteiger partial charge in [-0.1, -0.05) is 12.1 Å². The summed E-state index contributed by atoms with van der Waals surface area (Å²) in [5.74, 6) is 0.570. The van der Waals surface area contributed by atoms with Crippen molar-refractivity contribution in [3.05, 3.63) is 35.3 Å². The first-order chi connectivity index (χ1) is 12.3. The van der Waals surface area contributed by atoms with E-state index in [9.17, 15) is 4.79 Å². The Morgan fingerprint density at radius 3 is 2.96 bits per heavy atom. The lowest BCUT2D eigenvalue weighted by molar-refractivity contribution is -0.117. The number of oxazole rings is 1. The minimum Gasteiger partial charge on any atom is -0.423 e. The van der Waals surface area contributed by atoms with Gasteiger partial charge in [-0.15, -0.1) is 11.3 Å². The first-order valence-electron chi connectivity index (χ1n) is 8.66. The molecule has 3 aromatic rings. The second-order valence-corrected chi connectivity index (χ2v) is 7.51. The Bertz CT molecular complexity index is 897. The molecule has 0 bridgehead atoms. The number of carbonyl (C=O) groups excluding carboxylic acids is 1. The SMILES string of the molecule is O=C(Nc1nc(C2CC2)cs1)C1CCCN1c1nc2ccccc2o1. The van der Waals surface area contributed by atoms with Crippen molar-refractivity contribution < 1.29 is 9.21 Å². The molecule has 6 nitrogen and oxygen atoms in total. The van der Waals surface area contributed by atoms with Gasteiger partial charge in [-0.2, -0.15) is 4.98 Å². The lowest BCUT2D eigenvalue weighted by Crippen LogP contribution is -2.39. The number of rotatable bonds is 4. The van der Waals surface area contributed by atoms with Crippen LogP contribution in [0.2, 0.25) is 0 Å². The third-order valence-electron chi connectivity index (χ3n) is 4.83. The summed E-state index contributed by atoms with van der Waals surface area (Å²) in [6, 6.07) is 7.93. The first kappa shape index (κ1) is 14.9. The van der Waals surface area contributed by atoms with Crippen molar-refractivity contribution in [3.63, 3.8) is 0 Å². The van der Waals surface area contributed by atoms with Crippen LogP contribution in [0.3, 0.4) is 0 Å². The third kappa shape index (κ3) is 2.78. The number of hydrogen-bond donors (Lipinski definition) is 1. The molecule has 1 aliphatic heterocycles. The van der Waals surface area contributed by atoms with E-state index >= 15 is 0 Å². The number of aromatic nitrogens is 2. The van der Waals surface area contributed by atoms with E-state index in [1.165, 1.54) is 24.2 Å². The molecule has 1 saturated heterocycles. The number of carbonyl (C=O) groups is 1. The van der Waals surface area contributed by atoms with Crippen LogP contribution in [0.15, 0.2) is 34.1 Å². The molecule has 0 spiro atoms. The molecule has 5 rings (SSSR count). The zero-order chi connectivity index (χ0) is 16.8. The van der Waals surface area contributed by atoms with E-state index in [4.69, 9.17) is 4.42 Å². The number of anilines is 2. The average molecular weight is 354 g/mol. The van der Waals surface area contributed by atoms with Gasteiger partial charge in [0, 0.05) is 17.8 Å². The Hall–Kier alpha value is -2.41. The summed E-state index contributed by atoms with van der Waals surface area (Å²) in [6.07, 6.45) is 4.17. The Morgan fingerprint density at radius 1 is 1.24 bits per heavy atom. The molecule has 7 heteroatoms. The molecule has 1 saturated carbocycles. The quantitative estimate of drug-likeness (QED) is 0.772. The molecule has 128 valence electrons. The standard InChI is InChI=1S/C18H18N4O2S/c23-16(21-17-19-13(10-25-17)11-7-8-11)14-5-3-9-22(14)18-20-12-4-1-2-6-15(12)24-18/h1-2,4,6,10-11,14H,3,5,7-9H2,(H,19,21,23). The summed E-state index contributed by atoms with van der Waals surface area (Å²) < 4.78 is 5.85. The predicted molar refractivity (Wildman–Crippen MR) is 97.1 cm³/mol. The Labute approximate surface area is 148 Å². The van der Waals surface area contributed by atoms with Crippen molar-refractivity contribution in [2.75, 3.05) is 16.8 Å². The normalized spacial score (nSPS) is 20.3. The molecule has 1 unspecified atom stereocenters. The number of fused-ring (bicyclic) bond motifs is 1. The third-order valence-corrected chi connectivity index (χ3v) is 5.61. The molecular weight excluding hydrogens is 336 g/mol. The van der Waals surface area contributed by atoms with Gasteiger partial charge in [-0.25, -0.2) is 4.98 Å². The molecular formula is C18H18N4O2S. The fraction of sp³-hybridized carbons (Fsp3) is 0.389. The lowest BCUT2D eigenvalue weighted by atomic mass is 10.2. The van der Waals surface area contributed by atoms with Crippen molar-refractivity contribution in [2.24, 2.45) is 0 Å². The number of hydrogen-bond acceptors (Lipinski definition) is 6. The van der Waals surface area contributed by atoms with Crippen LogP contribution in [-0.2, 0) is 4.79 Å². The first-order valence-corrected chi connectivity index (χ1v) is 9.54. The molecule has 2 aliphatic rings. The van der Waals surface area contributed by atoms with Gasteiger partial charge in [0.2, 0.25) is 5.91 Å². The number of nitrogens with one attached hydrogen (secondary N) is 1. The number of amides is 1. The highest BCUT2D eigenvalue weighted by Crippen LogP contribution is 2.41. The molecule has 1 aliphatic carbocycles. The van der Waals surface area contributed by atoms with Gasteiger partial charge in [0.15, 0.2) is 10.7 Å². The van der Waals surface area contributed by atoms with Gasteiger partial charge < -0.3 is 14.6 Å². The van der Waals surface area contributed by atoms with Crippen LogP contribution < -0.4 is 10.2 Å². The van der Waals surface area contributed by atoms with Crippen LogP contribution in [0, 0.1) is 0 Å². The zero-order valence-electron chi connectivity index (χ0n) is 13.6. The van der Waals surface area contributed by atoms with Crippen LogP contribution in [0.25, 0.3) is 11.1 Å². The maximum Gasteiger partial charge on any atom is 0.299 e. The van der Waals surface area contributed by atoms with E-state index in [2.05, 4.69) is 20.7 Å². The predicted octanol–water partition coefficient (Wildman–Crippen LogP) is 3.77. The van der Waals surface area contributed by atoms with Crippen LogP contribution in [0.1, 0.15) is 37.3 Å². The monoisotopic (exact) mass is 354 g/mol. The summed E-state index contributed by atoms with van der Waals surface area (Å²) in [6.45, 7) is 0.774. The maximum absolute atomic E-state index is 12.8. The van der Waals surface area contributed by atoms with E-state index in [1.807, 2.05) is 29.2 Å². The van der Waals surface area contributed by atoms with Crippen molar-refractivity contribution in [1.82, 2.24) is 9.97 Å². The number of para-hydroxylation sites is 2. The van der Waals surface area contributed by atoms with Gasteiger partial charge in [0.05, 0.1) is 5.69 Å². The van der Waals surface area contributed by atoms with Crippen molar-refractivity contribution >= 4 is 39.5 Å². The van der Waals surface area contributed by atoms with Crippen molar-refractivity contribution in [1.29, 1.82) is 0 Å². The van der Waals surface area contributed by atoms with E-state index < -0.39 is 0 Å². The number of nitrogens with zero attached hydrogens (tertiary/aromatic N) is 3. The van der Waals surface area contributed by atoms with Crippen molar-refractivity contribution in [2.45, 2.75) is 37.6 Å². The molecule has 2 aromatic heterocycles. The van der Waals surface area contributed by atoms with Gasteiger partial charge >= 0.3 is 0 Å². The summed E-state index contributed by atoms with van der Waals surface area (Å²) >= 11 is 1.51. The van der Waals surface area contributed by atoms with E-state index in [1.54, 1.807) is 0 Å². The van der Waals surface area contributed by atoms with Gasteiger partial charge in [-0.05, 0) is 37.8 Å². The molecule has 0 radical (unpaired) electrons. The van der Waals surface area contributed by atoms with Gasteiger partial charge in [0.25, 0.3) is 6.01 Å². The maximum atomic E-state index is 12.8. The topological polar surface area (TPSA) is 71.3 Å². The highest BCUT2D eigenvalue weighted by Gasteiger charge is 2.34. The largest absolute Gasteiger partial charge is 0.423 e. The van der Waals surface area contributed by atoms with Crippen LogP contribution >= 0.6 is 11.3 Å². The fourth-order valence-corrected chi connectivity index (χ4v) is 4.15. The van der Waals surface area contributed by atoms with Gasteiger partial charge in [-0.3, -0.25) is 4.79 Å². The summed E-state index contributed by atoms with van der Waals surface area (Å²) in [4.78, 5) is 23.8. The zero-order valence-corrected chi connectivity index (χ0v) is 14.5. The summed E-state index contributed by atoms with van der Waals surface area (Å²) in [5.41, 5.74) is 2.68. The van der Waals surface area contributed by atoms with E-state index in [-0.39, 0.29) is 11.9 Å². The highest BCUT2D eigenvalue weighted by atomic mass is 32.1. The van der Waals surface area contributed by atoms with Crippen LogP contribution in [-0.4, -0.2) is 28.5 Å². The van der Waals surface area contributed by atoms with Crippen LogP contribution in [0.4, 0.5) is 11.1 Å². The molecule has 1 amide bonds. The molecule has 1 atom stereocenters. The fourth-order valence-electron chi connectivity index (χ4n) is 3.35. The highest BCUT2D eigenvalue weighted by molar-refractivity contribution is 7.13. The molecule has 3 heterocycles. The Balaban J connectivity index is 1.35. The van der Waals surface area contributed by atoms with E-state index in [0.717, 1.165) is 36.2 Å². The number of thiazole rings is 1. The average Bonchev–Trinajstić information content (AvgIpc) is 3.03. The molecule has 1 N–H and O–H groups in total. The Morgan fingerprint density at radius 2 is 2.12 bits per heavy atom. The summed E-state index contributed by atoms with van der Waals surface area (Å²) in [5, 5.41) is 5.72. The minimum atomic E-state index is -0.263. The smallest absolute Gasteiger partial charge is 0.299 e. The number of benzene rings is 1. The Kier molecular flexibility index (Phi) is 3.48. The second-order valence-electron chi connectivity index (χ2n) is 6.66. The van der Waals surface area contributed by atoms with E-state index in [0.29, 0.717) is 17.1 Å². The molecule has 1 aromatic carbocycles. The lowest BCUT2D eigenvalue weighted by Gasteiger charge is -2.21. The van der Waals surface area contributed by atoms with Crippen molar-refractivity contribution in [3.8, 4) is 0 Å². The van der Waals surface area contributed by atoms with Gasteiger partial charge in [0.1, 0.15) is 11.6 Å². The second kappa shape index (κ2) is 5.84. The summed E-state index contributed by atoms with van der Waals surface area (Å²) in [7, 11) is 0. The van der Waals surface area contributed by atoms with Crippen LogP contribution in [0.5, 0.6) is 0 Å².